The monoisotopic (exact) mass is 786 g/mol. The number of aromatic nitrogens is 3. The highest BCUT2D eigenvalue weighted by molar-refractivity contribution is 6.00. The van der Waals surface area contributed by atoms with Crippen molar-refractivity contribution in [3.63, 3.8) is 0 Å². The van der Waals surface area contributed by atoms with Crippen molar-refractivity contribution in [2.45, 2.75) is 91.4 Å². The number of benzene rings is 1. The minimum atomic E-state index is -1.15. The van der Waals surface area contributed by atoms with Gasteiger partial charge >= 0.3 is 18.2 Å². The SMILES string of the molecule is CCOC(=O)c1cn(C)c2ncc(-c3cnc4c(c3N3CCC[C@@]5(C[C@H]5NC(=O)OC(C)(C)C)C3)-c3c(F)c(F)cc(N(C)C(=O)OC(C)(C)C)c3C4)cc2c1=O. The Morgan fingerprint density at radius 2 is 1.75 bits per heavy atom. The van der Waals surface area contributed by atoms with Crippen LogP contribution in [-0.4, -0.2) is 76.7 Å². The molecule has 1 aliphatic heterocycles. The first-order valence-electron chi connectivity index (χ1n) is 19.1. The van der Waals surface area contributed by atoms with Crippen molar-refractivity contribution in [2.24, 2.45) is 12.5 Å². The fourth-order valence-corrected chi connectivity index (χ4v) is 8.13. The van der Waals surface area contributed by atoms with Crippen LogP contribution in [0.4, 0.5) is 29.7 Å². The number of esters is 1. The van der Waals surface area contributed by atoms with Crippen molar-refractivity contribution in [3.8, 4) is 22.3 Å². The second-order valence-corrected chi connectivity index (χ2v) is 17.2. The highest BCUT2D eigenvalue weighted by Gasteiger charge is 2.57. The molecule has 13 nitrogen and oxygen atoms in total. The zero-order chi connectivity index (χ0) is 41.4. The molecule has 3 aromatic heterocycles. The Balaban J connectivity index is 1.40. The maximum absolute atomic E-state index is 16.5. The number of nitrogens with zero attached hydrogens (tertiary/aromatic N) is 5. The lowest BCUT2D eigenvalue weighted by Crippen LogP contribution is -2.42. The number of ether oxygens (including phenoxy) is 3. The maximum atomic E-state index is 16.5. The normalized spacial score (nSPS) is 18.6. The number of carbonyl (C=O) groups excluding carboxylic acids is 3. The lowest BCUT2D eigenvalue weighted by molar-refractivity contribution is 0.0507. The molecule has 1 saturated heterocycles. The third kappa shape index (κ3) is 7.39. The van der Waals surface area contributed by atoms with Crippen LogP contribution in [0.3, 0.4) is 0 Å². The van der Waals surface area contributed by atoms with Crippen LogP contribution in [0.15, 0.2) is 35.5 Å². The Kier molecular flexibility index (Phi) is 9.80. The minimum Gasteiger partial charge on any atom is -0.462 e. The van der Waals surface area contributed by atoms with Crippen molar-refractivity contribution >= 4 is 40.6 Å². The molecule has 3 aliphatic rings. The van der Waals surface area contributed by atoms with E-state index >= 15 is 8.78 Å². The van der Waals surface area contributed by atoms with Gasteiger partial charge in [-0.2, -0.15) is 0 Å². The van der Waals surface area contributed by atoms with E-state index in [0.717, 1.165) is 18.9 Å². The summed E-state index contributed by atoms with van der Waals surface area (Å²) in [6.07, 6.45) is 5.71. The van der Waals surface area contributed by atoms with Crippen LogP contribution >= 0.6 is 0 Å². The number of hydrogen-bond donors (Lipinski definition) is 1. The molecule has 1 N–H and O–H groups in total. The second kappa shape index (κ2) is 14.1. The molecular weight excluding hydrogens is 738 g/mol. The number of rotatable bonds is 6. The van der Waals surface area contributed by atoms with Gasteiger partial charge in [-0.15, -0.1) is 0 Å². The zero-order valence-corrected chi connectivity index (χ0v) is 33.8. The van der Waals surface area contributed by atoms with Crippen molar-refractivity contribution in [3.05, 3.63) is 69.4 Å². The molecule has 2 aliphatic carbocycles. The average Bonchev–Trinajstić information content (AvgIpc) is 3.59. The predicted molar refractivity (Wildman–Crippen MR) is 211 cm³/mol. The molecule has 4 heterocycles. The van der Waals surface area contributed by atoms with Crippen molar-refractivity contribution in [1.29, 1.82) is 0 Å². The molecule has 302 valence electrons. The van der Waals surface area contributed by atoms with Gasteiger partial charge in [-0.3, -0.25) is 14.7 Å². The summed E-state index contributed by atoms with van der Waals surface area (Å²) in [6, 6.07) is 2.46. The number of amides is 2. The number of hydrogen-bond acceptors (Lipinski definition) is 10. The van der Waals surface area contributed by atoms with E-state index in [4.69, 9.17) is 19.2 Å². The number of fused-ring (bicyclic) bond motifs is 4. The minimum absolute atomic E-state index is 0.0205. The Hall–Kier alpha value is -5.60. The van der Waals surface area contributed by atoms with E-state index in [1.54, 1.807) is 78.5 Å². The highest BCUT2D eigenvalue weighted by atomic mass is 19.2. The molecule has 0 unspecified atom stereocenters. The maximum Gasteiger partial charge on any atom is 0.414 e. The molecule has 2 atom stereocenters. The quantitative estimate of drug-likeness (QED) is 0.138. The van der Waals surface area contributed by atoms with Gasteiger partial charge in [0.15, 0.2) is 11.6 Å². The standard InChI is InChI=1S/C42H48F2N6O7/c1-10-55-37(52)26-20-48(8)36-24(35(26)51)14-22(18-46-36)25-19-45-28-15-23-29(49(9)39(54)57-41(5,6)7)16-27(43)33(44)31(23)32(28)34(25)50-13-11-12-42(21-50)17-30(42)47-38(53)56-40(2,3)4/h14,16,18-20,30H,10-13,15,17,21H2,1-9H3,(H,47,53)/t30-,42-/m1/s1. The number of nitrogens with one attached hydrogen (secondary N) is 1. The average molecular weight is 787 g/mol. The van der Waals surface area contributed by atoms with Crippen molar-refractivity contribution in [1.82, 2.24) is 19.9 Å². The van der Waals surface area contributed by atoms with Crippen LogP contribution < -0.4 is 20.5 Å². The van der Waals surface area contributed by atoms with Gasteiger partial charge in [-0.05, 0) is 79.4 Å². The molecule has 2 fully saturated rings. The predicted octanol–water partition coefficient (Wildman–Crippen LogP) is 7.28. The number of alkyl carbamates (subject to hydrolysis) is 1. The van der Waals surface area contributed by atoms with Gasteiger partial charge < -0.3 is 29.0 Å². The molecule has 1 spiro atoms. The lowest BCUT2D eigenvalue weighted by atomic mass is 9.90. The van der Waals surface area contributed by atoms with Crippen LogP contribution in [0.25, 0.3) is 33.3 Å². The van der Waals surface area contributed by atoms with Crippen molar-refractivity contribution < 1.29 is 37.4 Å². The van der Waals surface area contributed by atoms with E-state index < -0.39 is 46.4 Å². The Labute approximate surface area is 329 Å². The number of carbonyl (C=O) groups is 3. The largest absolute Gasteiger partial charge is 0.462 e. The number of halogens is 2. The zero-order valence-electron chi connectivity index (χ0n) is 33.8. The third-order valence-corrected chi connectivity index (χ3v) is 10.7. The van der Waals surface area contributed by atoms with Gasteiger partial charge in [0.2, 0.25) is 5.43 Å². The van der Waals surface area contributed by atoms with E-state index in [2.05, 4.69) is 15.2 Å². The number of anilines is 2. The Bertz CT molecular complexity index is 2400. The first-order valence-corrected chi connectivity index (χ1v) is 19.1. The molecule has 1 aromatic carbocycles. The second-order valence-electron chi connectivity index (χ2n) is 17.2. The molecule has 7 rings (SSSR count). The number of pyridine rings is 3. The molecule has 15 heteroatoms. The van der Waals surface area contributed by atoms with Crippen LogP contribution in [-0.2, 0) is 27.7 Å². The van der Waals surface area contributed by atoms with Gasteiger partial charge in [-0.1, -0.05) is 0 Å². The molecule has 2 amide bonds. The van der Waals surface area contributed by atoms with Gasteiger partial charge in [-0.25, -0.2) is 28.1 Å². The molecule has 0 bridgehead atoms. The van der Waals surface area contributed by atoms with E-state index in [1.807, 2.05) is 0 Å². The Morgan fingerprint density at radius 3 is 2.44 bits per heavy atom. The fraction of sp³-hybridized carbons (Fsp3) is 0.476. The summed E-state index contributed by atoms with van der Waals surface area (Å²) in [6.45, 7) is 13.3. The smallest absolute Gasteiger partial charge is 0.414 e. The summed E-state index contributed by atoms with van der Waals surface area (Å²) < 4.78 is 50.1. The van der Waals surface area contributed by atoms with Crippen molar-refractivity contribution in [2.75, 3.05) is 36.5 Å². The van der Waals surface area contributed by atoms with Crippen LogP contribution in [0.1, 0.15) is 89.3 Å². The van der Waals surface area contributed by atoms with Crippen LogP contribution in [0.5, 0.6) is 0 Å². The molecule has 0 radical (unpaired) electrons. The van der Waals surface area contributed by atoms with E-state index in [-0.39, 0.29) is 46.7 Å². The molecule has 4 aromatic rings. The summed E-state index contributed by atoms with van der Waals surface area (Å²) in [5.74, 6) is -2.99. The third-order valence-electron chi connectivity index (χ3n) is 10.7. The van der Waals surface area contributed by atoms with Gasteiger partial charge in [0, 0.05) is 92.0 Å². The highest BCUT2D eigenvalue weighted by Crippen LogP contribution is 2.56. The number of piperidine rings is 1. The Morgan fingerprint density at radius 1 is 1.04 bits per heavy atom. The summed E-state index contributed by atoms with van der Waals surface area (Å²) >= 11 is 0. The van der Waals surface area contributed by atoms with Crippen LogP contribution in [0.2, 0.25) is 0 Å². The number of aryl methyl sites for hydroxylation is 1. The van der Waals surface area contributed by atoms with Gasteiger partial charge in [0.1, 0.15) is 22.4 Å². The first-order chi connectivity index (χ1) is 26.7. The first kappa shape index (κ1) is 39.6. The molecular formula is C42H48F2N6O7. The summed E-state index contributed by atoms with van der Waals surface area (Å²) in [5.41, 5.74) is 0.615. The molecule has 1 saturated carbocycles. The fourth-order valence-electron chi connectivity index (χ4n) is 8.13. The summed E-state index contributed by atoms with van der Waals surface area (Å²) in [5, 5.41) is 3.19. The molecule has 57 heavy (non-hydrogen) atoms. The summed E-state index contributed by atoms with van der Waals surface area (Å²) in [4.78, 5) is 65.4. The van der Waals surface area contributed by atoms with Gasteiger partial charge in [0.25, 0.3) is 0 Å². The van der Waals surface area contributed by atoms with E-state index in [0.29, 0.717) is 58.8 Å². The van der Waals surface area contributed by atoms with Gasteiger partial charge in [0.05, 0.1) is 29.1 Å². The van der Waals surface area contributed by atoms with Crippen LogP contribution in [0, 0.1) is 17.0 Å². The lowest BCUT2D eigenvalue weighted by Gasteiger charge is -2.38. The topological polar surface area (TPSA) is 145 Å². The summed E-state index contributed by atoms with van der Waals surface area (Å²) in [7, 11) is 3.12. The van der Waals surface area contributed by atoms with E-state index in [1.165, 1.54) is 18.1 Å². The van der Waals surface area contributed by atoms with E-state index in [9.17, 15) is 19.2 Å².